The van der Waals surface area contributed by atoms with Gasteiger partial charge in [-0.3, -0.25) is 0 Å². The highest BCUT2D eigenvalue weighted by atomic mass is 32.1. The van der Waals surface area contributed by atoms with E-state index in [1.807, 2.05) is 49.4 Å². The second-order valence-corrected chi connectivity index (χ2v) is 7.96. The second kappa shape index (κ2) is 8.22. The Balaban J connectivity index is 1.46. The molecule has 2 heterocycles. The van der Waals surface area contributed by atoms with Crippen LogP contribution in [0.2, 0.25) is 0 Å². The molecular formula is C20H21N4O2S2+. The molecule has 0 aliphatic heterocycles. The molecule has 2 aromatic heterocycles. The van der Waals surface area contributed by atoms with Gasteiger partial charge in [0.2, 0.25) is 5.89 Å². The van der Waals surface area contributed by atoms with Crippen molar-refractivity contribution in [2.75, 3.05) is 13.7 Å². The first-order chi connectivity index (χ1) is 13.6. The first kappa shape index (κ1) is 18.8. The zero-order valence-electron chi connectivity index (χ0n) is 15.7. The smallest absolute Gasteiger partial charge is 0.292 e. The van der Waals surface area contributed by atoms with Crippen LogP contribution in [0.3, 0.4) is 0 Å². The molecule has 4 aromatic rings. The van der Waals surface area contributed by atoms with Crippen molar-refractivity contribution in [3.8, 4) is 17.2 Å². The Morgan fingerprint density at radius 2 is 1.96 bits per heavy atom. The third-order valence-electron chi connectivity index (χ3n) is 4.23. The summed E-state index contributed by atoms with van der Waals surface area (Å²) in [5.41, 5.74) is 1.92. The Labute approximate surface area is 172 Å². The predicted molar refractivity (Wildman–Crippen MR) is 112 cm³/mol. The lowest BCUT2D eigenvalue weighted by Gasteiger charge is -2.11. The van der Waals surface area contributed by atoms with E-state index in [2.05, 4.69) is 18.2 Å². The number of aromatic nitrogens is 3. The van der Waals surface area contributed by atoms with Crippen molar-refractivity contribution in [2.45, 2.75) is 20.1 Å². The molecule has 0 aliphatic rings. The molecule has 0 bridgehead atoms. The van der Waals surface area contributed by atoms with Crippen LogP contribution >= 0.6 is 23.6 Å². The Hall–Kier alpha value is -2.55. The maximum atomic E-state index is 5.70. The van der Waals surface area contributed by atoms with Gasteiger partial charge in [0.1, 0.15) is 17.3 Å². The van der Waals surface area contributed by atoms with Gasteiger partial charge >= 0.3 is 0 Å². The van der Waals surface area contributed by atoms with Crippen LogP contribution in [-0.4, -0.2) is 28.4 Å². The lowest BCUT2D eigenvalue weighted by atomic mass is 10.2. The number of benzene rings is 2. The summed E-state index contributed by atoms with van der Waals surface area (Å²) < 4.78 is 14.1. The molecule has 1 N–H and O–H groups in total. The maximum absolute atomic E-state index is 5.70. The van der Waals surface area contributed by atoms with E-state index in [0.29, 0.717) is 24.0 Å². The number of nitrogens with one attached hydrogen (secondary N) is 1. The van der Waals surface area contributed by atoms with Crippen LogP contribution in [0, 0.1) is 4.84 Å². The summed E-state index contributed by atoms with van der Waals surface area (Å²) in [6, 6.07) is 15.9. The molecule has 0 aliphatic carbocycles. The van der Waals surface area contributed by atoms with Crippen LogP contribution in [0.5, 0.6) is 5.75 Å². The van der Waals surface area contributed by atoms with E-state index in [1.165, 1.54) is 9.60 Å². The highest BCUT2D eigenvalue weighted by Crippen LogP contribution is 2.22. The normalized spacial score (nSPS) is 12.4. The average Bonchev–Trinajstić information content (AvgIpc) is 3.25. The minimum Gasteiger partial charge on any atom is -0.494 e. The lowest BCUT2D eigenvalue weighted by Crippen LogP contribution is -3.07. The molecule has 28 heavy (non-hydrogen) atoms. The Bertz CT molecular complexity index is 1100. The van der Waals surface area contributed by atoms with E-state index in [-0.39, 0.29) is 0 Å². The third kappa shape index (κ3) is 4.14. The number of para-hydroxylation sites is 1. The van der Waals surface area contributed by atoms with Gasteiger partial charge in [0, 0.05) is 5.56 Å². The number of hydrogen-bond acceptors (Lipinski definition) is 6. The molecule has 1 unspecified atom stereocenters. The minimum absolute atomic E-state index is 0.368. The summed E-state index contributed by atoms with van der Waals surface area (Å²) in [5, 5.41) is 5.64. The van der Waals surface area contributed by atoms with Gasteiger partial charge < -0.3 is 14.1 Å². The molecule has 144 valence electrons. The molecule has 0 fully saturated rings. The number of nitrogens with zero attached hydrogens (tertiary/aromatic N) is 3. The summed E-state index contributed by atoms with van der Waals surface area (Å²) in [7, 11) is 2.10. The van der Waals surface area contributed by atoms with Gasteiger partial charge in [-0.1, -0.05) is 12.1 Å². The largest absolute Gasteiger partial charge is 0.494 e. The second-order valence-electron chi connectivity index (χ2n) is 6.50. The van der Waals surface area contributed by atoms with Crippen molar-refractivity contribution >= 4 is 33.8 Å². The molecule has 0 saturated carbocycles. The van der Waals surface area contributed by atoms with Crippen molar-refractivity contribution in [3.05, 3.63) is 58.4 Å². The van der Waals surface area contributed by atoms with Crippen LogP contribution in [0.1, 0.15) is 11.9 Å². The van der Waals surface area contributed by atoms with Crippen molar-refractivity contribution in [1.29, 1.82) is 0 Å². The van der Waals surface area contributed by atoms with Gasteiger partial charge in [-0.2, -0.15) is 4.68 Å². The van der Waals surface area contributed by atoms with E-state index in [1.54, 1.807) is 16.0 Å². The number of thiazole rings is 1. The van der Waals surface area contributed by atoms with E-state index < -0.39 is 0 Å². The summed E-state index contributed by atoms with van der Waals surface area (Å²) in [5.74, 6) is 1.34. The number of fused-ring (bicyclic) bond motifs is 1. The van der Waals surface area contributed by atoms with Crippen molar-refractivity contribution < 1.29 is 14.1 Å². The Morgan fingerprint density at radius 1 is 1.18 bits per heavy atom. The van der Waals surface area contributed by atoms with Gasteiger partial charge in [0.25, 0.3) is 4.84 Å². The number of ether oxygens (including phenoxy) is 1. The summed E-state index contributed by atoms with van der Waals surface area (Å²) in [4.78, 5) is 6.29. The van der Waals surface area contributed by atoms with Gasteiger partial charge in [0.15, 0.2) is 6.67 Å². The van der Waals surface area contributed by atoms with Gasteiger partial charge in [-0.15, -0.1) is 16.4 Å². The van der Waals surface area contributed by atoms with E-state index in [0.717, 1.165) is 28.4 Å². The van der Waals surface area contributed by atoms with Crippen LogP contribution in [0.15, 0.2) is 52.9 Å². The standard InChI is InChI=1S/C20H20N4O2S2/c1-3-25-15-10-8-14(9-11-15)19-22-24(20(27)26-19)13-23(2)12-18-21-16-6-4-5-7-17(16)28-18/h4-11H,3,12-13H2,1-2H3/p+1. The number of rotatable bonds is 7. The molecule has 0 spiro atoms. The maximum Gasteiger partial charge on any atom is 0.292 e. The van der Waals surface area contributed by atoms with Gasteiger partial charge in [-0.25, -0.2) is 4.98 Å². The van der Waals surface area contributed by atoms with Crippen LogP contribution in [0.25, 0.3) is 21.7 Å². The molecule has 0 radical (unpaired) electrons. The predicted octanol–water partition coefficient (Wildman–Crippen LogP) is 3.55. The molecule has 8 heteroatoms. The SMILES string of the molecule is CCOc1ccc(-c2nn(C[NH+](C)Cc3nc4ccccc4s3)c(=S)o2)cc1. The molecule has 4 rings (SSSR count). The topological polar surface area (TPSA) is 57.5 Å². The fourth-order valence-corrected chi connectivity index (χ4v) is 4.21. The van der Waals surface area contributed by atoms with Gasteiger partial charge in [0.05, 0.1) is 23.9 Å². The van der Waals surface area contributed by atoms with Crippen LogP contribution in [0.4, 0.5) is 0 Å². The average molecular weight is 414 g/mol. The van der Waals surface area contributed by atoms with E-state index >= 15 is 0 Å². The van der Waals surface area contributed by atoms with Crippen molar-refractivity contribution in [2.24, 2.45) is 0 Å². The lowest BCUT2D eigenvalue weighted by molar-refractivity contribution is -0.917. The van der Waals surface area contributed by atoms with Crippen LogP contribution < -0.4 is 9.64 Å². The first-order valence-electron chi connectivity index (χ1n) is 9.09. The fraction of sp³-hybridized carbons (Fsp3) is 0.250. The Morgan fingerprint density at radius 3 is 2.71 bits per heavy atom. The van der Waals surface area contributed by atoms with Crippen LogP contribution in [-0.2, 0) is 13.2 Å². The fourth-order valence-electron chi connectivity index (χ4n) is 2.95. The van der Waals surface area contributed by atoms with Crippen molar-refractivity contribution in [3.63, 3.8) is 0 Å². The van der Waals surface area contributed by atoms with Crippen molar-refractivity contribution in [1.82, 2.24) is 14.8 Å². The molecule has 6 nitrogen and oxygen atoms in total. The van der Waals surface area contributed by atoms with E-state index in [9.17, 15) is 0 Å². The molecular weight excluding hydrogens is 392 g/mol. The first-order valence-corrected chi connectivity index (χ1v) is 10.3. The molecule has 2 aromatic carbocycles. The summed E-state index contributed by atoms with van der Waals surface area (Å²) in [6.07, 6.45) is 0. The quantitative estimate of drug-likeness (QED) is 0.470. The zero-order chi connectivity index (χ0) is 19.5. The molecule has 0 saturated heterocycles. The summed E-state index contributed by atoms with van der Waals surface area (Å²) in [6.45, 7) is 4.00. The number of hydrogen-bond donors (Lipinski definition) is 1. The minimum atomic E-state index is 0.368. The zero-order valence-corrected chi connectivity index (χ0v) is 17.3. The Kier molecular flexibility index (Phi) is 5.52. The number of quaternary nitrogens is 1. The van der Waals surface area contributed by atoms with E-state index in [4.69, 9.17) is 26.4 Å². The highest BCUT2D eigenvalue weighted by Gasteiger charge is 2.14. The highest BCUT2D eigenvalue weighted by molar-refractivity contribution is 7.71. The summed E-state index contributed by atoms with van der Waals surface area (Å²) >= 11 is 7.08. The molecule has 1 atom stereocenters. The monoisotopic (exact) mass is 413 g/mol. The third-order valence-corrected chi connectivity index (χ3v) is 5.56. The molecule has 0 amide bonds. The van der Waals surface area contributed by atoms with Gasteiger partial charge in [-0.05, 0) is 55.5 Å².